The van der Waals surface area contributed by atoms with E-state index in [2.05, 4.69) is 15.3 Å². The van der Waals surface area contributed by atoms with E-state index >= 15 is 0 Å². The predicted molar refractivity (Wildman–Crippen MR) is 70.6 cm³/mol. The highest BCUT2D eigenvalue weighted by atomic mass is 19.4. The number of nitrogens with zero attached hydrogens (tertiary/aromatic N) is 3. The van der Waals surface area contributed by atoms with E-state index in [0.717, 1.165) is 19.3 Å². The number of halogens is 3. The van der Waals surface area contributed by atoms with Crippen molar-refractivity contribution in [2.75, 3.05) is 11.9 Å². The highest BCUT2D eigenvalue weighted by Gasteiger charge is 2.35. The summed E-state index contributed by atoms with van der Waals surface area (Å²) in [6, 6.07) is 1.25. The number of carbonyl (C=O) groups excluding carboxylic acids is 1. The van der Waals surface area contributed by atoms with Gasteiger partial charge in [-0.05, 0) is 26.7 Å². The molecule has 0 saturated carbocycles. The summed E-state index contributed by atoms with van der Waals surface area (Å²) in [6.45, 7) is 4.02. The van der Waals surface area contributed by atoms with Crippen LogP contribution >= 0.6 is 0 Å². The van der Waals surface area contributed by atoms with Gasteiger partial charge >= 0.3 is 6.18 Å². The number of aryl methyl sites for hydroxylation is 1. The number of aromatic nitrogens is 2. The Morgan fingerprint density at radius 1 is 1.43 bits per heavy atom. The lowest BCUT2D eigenvalue weighted by atomic mass is 9.98. The van der Waals surface area contributed by atoms with Crippen molar-refractivity contribution in [3.8, 4) is 0 Å². The van der Waals surface area contributed by atoms with Gasteiger partial charge < -0.3 is 10.2 Å². The van der Waals surface area contributed by atoms with Crippen LogP contribution in [0, 0.1) is 6.92 Å². The second kappa shape index (κ2) is 5.87. The van der Waals surface area contributed by atoms with Gasteiger partial charge in [-0.1, -0.05) is 0 Å². The van der Waals surface area contributed by atoms with Gasteiger partial charge in [0.2, 0.25) is 12.2 Å². The predicted octanol–water partition coefficient (Wildman–Crippen LogP) is 2.23. The zero-order valence-electron chi connectivity index (χ0n) is 11.8. The molecule has 1 aromatic rings. The number of anilines is 1. The van der Waals surface area contributed by atoms with Crippen LogP contribution in [-0.4, -0.2) is 39.9 Å². The normalized spacial score (nSPS) is 23.0. The highest BCUT2D eigenvalue weighted by molar-refractivity contribution is 5.49. The smallest absolute Gasteiger partial charge is 0.365 e. The van der Waals surface area contributed by atoms with E-state index in [9.17, 15) is 18.0 Å². The molecule has 0 aliphatic carbocycles. The third-order valence-corrected chi connectivity index (χ3v) is 3.61. The third kappa shape index (κ3) is 3.62. The Bertz CT molecular complexity index is 521. The number of rotatable bonds is 3. The second-order valence-corrected chi connectivity index (χ2v) is 5.19. The van der Waals surface area contributed by atoms with Gasteiger partial charge in [-0.2, -0.15) is 13.2 Å². The van der Waals surface area contributed by atoms with Crippen LogP contribution in [0.4, 0.5) is 19.0 Å². The summed E-state index contributed by atoms with van der Waals surface area (Å²) in [7, 11) is 0. The number of amides is 1. The molecule has 0 aromatic carbocycles. The number of carbonyl (C=O) groups is 1. The Morgan fingerprint density at radius 2 is 2.14 bits per heavy atom. The monoisotopic (exact) mass is 302 g/mol. The summed E-state index contributed by atoms with van der Waals surface area (Å²) < 4.78 is 38.1. The molecule has 2 rings (SSSR count). The van der Waals surface area contributed by atoms with E-state index in [-0.39, 0.29) is 23.6 Å². The Morgan fingerprint density at radius 3 is 2.76 bits per heavy atom. The summed E-state index contributed by atoms with van der Waals surface area (Å²) in [5.74, 6) is -1.01. The maximum atomic E-state index is 12.7. The Kier molecular flexibility index (Phi) is 4.34. The second-order valence-electron chi connectivity index (χ2n) is 5.19. The molecule has 1 fully saturated rings. The third-order valence-electron chi connectivity index (χ3n) is 3.61. The average Bonchev–Trinajstić information content (AvgIpc) is 2.39. The van der Waals surface area contributed by atoms with Crippen LogP contribution in [0.1, 0.15) is 31.3 Å². The minimum atomic E-state index is -4.57. The van der Waals surface area contributed by atoms with Gasteiger partial charge in [-0.3, -0.25) is 4.79 Å². The van der Waals surface area contributed by atoms with Crippen LogP contribution in [-0.2, 0) is 11.0 Å². The molecule has 5 nitrogen and oxygen atoms in total. The molecule has 0 radical (unpaired) electrons. The van der Waals surface area contributed by atoms with Crippen molar-refractivity contribution in [2.45, 2.75) is 44.9 Å². The number of hydrogen-bond acceptors (Lipinski definition) is 4. The summed E-state index contributed by atoms with van der Waals surface area (Å²) >= 11 is 0. The van der Waals surface area contributed by atoms with E-state index in [1.54, 1.807) is 4.90 Å². The van der Waals surface area contributed by atoms with E-state index in [4.69, 9.17) is 0 Å². The lowest BCUT2D eigenvalue weighted by Gasteiger charge is -2.37. The molecule has 21 heavy (non-hydrogen) atoms. The SMILES string of the molecule is Cc1cc(NC2CCCN(C=O)C2C)nc(C(F)(F)F)n1. The van der Waals surface area contributed by atoms with E-state index in [1.165, 1.54) is 13.0 Å². The van der Waals surface area contributed by atoms with E-state index < -0.39 is 12.0 Å². The van der Waals surface area contributed by atoms with E-state index in [0.29, 0.717) is 6.54 Å². The largest absolute Gasteiger partial charge is 0.451 e. The molecule has 1 amide bonds. The fourth-order valence-electron chi connectivity index (χ4n) is 2.47. The minimum Gasteiger partial charge on any atom is -0.365 e. The average molecular weight is 302 g/mol. The number of nitrogens with one attached hydrogen (secondary N) is 1. The molecule has 2 unspecified atom stereocenters. The summed E-state index contributed by atoms with van der Waals surface area (Å²) in [5.41, 5.74) is 0.246. The molecular formula is C13H17F3N4O. The number of hydrogen-bond donors (Lipinski definition) is 1. The number of alkyl halides is 3. The van der Waals surface area contributed by atoms with Crippen molar-refractivity contribution >= 4 is 12.2 Å². The van der Waals surface area contributed by atoms with Gasteiger partial charge in [0, 0.05) is 30.4 Å². The molecule has 8 heteroatoms. The van der Waals surface area contributed by atoms with Crippen molar-refractivity contribution in [1.82, 2.24) is 14.9 Å². The fraction of sp³-hybridized carbons (Fsp3) is 0.615. The highest BCUT2D eigenvalue weighted by Crippen LogP contribution is 2.28. The van der Waals surface area contributed by atoms with Crippen LogP contribution in [0.25, 0.3) is 0 Å². The Hall–Kier alpha value is -1.86. The molecule has 2 atom stereocenters. The van der Waals surface area contributed by atoms with Gasteiger partial charge in [-0.15, -0.1) is 0 Å². The van der Waals surface area contributed by atoms with Gasteiger partial charge in [0.05, 0.1) is 0 Å². The molecular weight excluding hydrogens is 285 g/mol. The quantitative estimate of drug-likeness (QED) is 0.870. The maximum absolute atomic E-state index is 12.7. The summed E-state index contributed by atoms with van der Waals surface area (Å²) in [4.78, 5) is 19.5. The van der Waals surface area contributed by atoms with Crippen LogP contribution in [0.2, 0.25) is 0 Å². The topological polar surface area (TPSA) is 58.1 Å². The molecule has 1 aliphatic rings. The van der Waals surface area contributed by atoms with Gasteiger partial charge in [0.25, 0.3) is 0 Å². The van der Waals surface area contributed by atoms with Crippen LogP contribution in [0.5, 0.6) is 0 Å². The molecule has 1 N–H and O–H groups in total. The van der Waals surface area contributed by atoms with Crippen molar-refractivity contribution in [1.29, 1.82) is 0 Å². The van der Waals surface area contributed by atoms with Crippen molar-refractivity contribution in [3.05, 3.63) is 17.6 Å². The first kappa shape index (κ1) is 15.5. The van der Waals surface area contributed by atoms with E-state index in [1.807, 2.05) is 6.92 Å². The zero-order chi connectivity index (χ0) is 15.6. The number of likely N-dealkylation sites (tertiary alicyclic amines) is 1. The van der Waals surface area contributed by atoms with Gasteiger partial charge in [0.15, 0.2) is 0 Å². The zero-order valence-corrected chi connectivity index (χ0v) is 11.8. The van der Waals surface area contributed by atoms with Crippen LogP contribution < -0.4 is 5.32 Å². The Balaban J connectivity index is 2.19. The van der Waals surface area contributed by atoms with Crippen molar-refractivity contribution in [3.63, 3.8) is 0 Å². The molecule has 0 bridgehead atoms. The summed E-state index contributed by atoms with van der Waals surface area (Å²) in [6.07, 6.45) is -2.23. The fourth-order valence-corrected chi connectivity index (χ4v) is 2.47. The first-order chi connectivity index (χ1) is 9.81. The first-order valence-electron chi connectivity index (χ1n) is 6.71. The molecule has 116 valence electrons. The van der Waals surface area contributed by atoms with Crippen LogP contribution in [0.3, 0.4) is 0 Å². The molecule has 1 aliphatic heterocycles. The van der Waals surface area contributed by atoms with Gasteiger partial charge in [0.1, 0.15) is 5.82 Å². The molecule has 1 aromatic heterocycles. The number of piperidine rings is 1. The van der Waals surface area contributed by atoms with Crippen LogP contribution in [0.15, 0.2) is 6.07 Å². The maximum Gasteiger partial charge on any atom is 0.451 e. The molecule has 1 saturated heterocycles. The summed E-state index contributed by atoms with van der Waals surface area (Å²) in [5, 5.41) is 3.00. The van der Waals surface area contributed by atoms with Gasteiger partial charge in [-0.25, -0.2) is 9.97 Å². The van der Waals surface area contributed by atoms with Crippen molar-refractivity contribution in [2.24, 2.45) is 0 Å². The first-order valence-corrected chi connectivity index (χ1v) is 6.71. The standard InChI is InChI=1S/C13H17F3N4O/c1-8-6-11(19-12(17-8)13(14,15)16)18-10-4-3-5-20(7-21)9(10)2/h6-7,9-10H,3-5H2,1-2H3,(H,17,18,19). The lowest BCUT2D eigenvalue weighted by Crippen LogP contribution is -2.49. The Labute approximate surface area is 120 Å². The lowest BCUT2D eigenvalue weighted by molar-refractivity contribution is -0.145. The minimum absolute atomic E-state index is 0.0964. The molecule has 0 spiro atoms. The molecule has 2 heterocycles. The van der Waals surface area contributed by atoms with Crippen molar-refractivity contribution < 1.29 is 18.0 Å².